The van der Waals surface area contributed by atoms with Gasteiger partial charge >= 0.3 is 0 Å². The topological polar surface area (TPSA) is 9.23 Å². The minimum Gasteiger partial charge on any atom is -0.490 e. The number of rotatable bonds is 3. The second-order valence-electron chi connectivity index (χ2n) is 3.11. The molecule has 1 saturated carbocycles. The second-order valence-corrected chi connectivity index (χ2v) is 3.96. The number of hydrogen-bond acceptors (Lipinski definition) is 2. The fourth-order valence-electron chi connectivity index (χ4n) is 1.09. The molecule has 70 valence electrons. The third-order valence-electron chi connectivity index (χ3n) is 1.95. The highest BCUT2D eigenvalue weighted by Gasteiger charge is 2.23. The van der Waals surface area contributed by atoms with Crippen LogP contribution in [0.25, 0.3) is 0 Å². The zero-order chi connectivity index (χ0) is 9.26. The summed E-state index contributed by atoms with van der Waals surface area (Å²) in [6.45, 7) is 0. The maximum absolute atomic E-state index is 13.0. The molecule has 0 unspecified atom stereocenters. The molecular weight excluding hydrogens is 187 g/mol. The van der Waals surface area contributed by atoms with E-state index in [9.17, 15) is 4.39 Å². The Labute approximate surface area is 81.3 Å². The lowest BCUT2D eigenvalue weighted by Crippen LogP contribution is -1.96. The predicted octanol–water partition coefficient (Wildman–Crippen LogP) is 3.09. The van der Waals surface area contributed by atoms with Crippen molar-refractivity contribution in [2.24, 2.45) is 0 Å². The zero-order valence-electron chi connectivity index (χ0n) is 7.42. The van der Waals surface area contributed by atoms with Crippen molar-refractivity contribution in [3.05, 3.63) is 24.0 Å². The van der Waals surface area contributed by atoms with E-state index in [0.717, 1.165) is 18.6 Å². The van der Waals surface area contributed by atoms with Gasteiger partial charge in [-0.05, 0) is 37.3 Å². The largest absolute Gasteiger partial charge is 0.490 e. The van der Waals surface area contributed by atoms with Crippen LogP contribution in [0.4, 0.5) is 4.39 Å². The van der Waals surface area contributed by atoms with Gasteiger partial charge in [-0.1, -0.05) is 0 Å². The molecule has 0 N–H and O–H groups in total. The average Bonchev–Trinajstić information content (AvgIpc) is 2.92. The Morgan fingerprint density at radius 3 is 2.85 bits per heavy atom. The van der Waals surface area contributed by atoms with E-state index in [1.807, 2.05) is 6.26 Å². The monoisotopic (exact) mass is 198 g/mol. The van der Waals surface area contributed by atoms with Gasteiger partial charge in [0, 0.05) is 4.90 Å². The van der Waals surface area contributed by atoms with E-state index in [1.54, 1.807) is 12.1 Å². The lowest BCUT2D eigenvalue weighted by atomic mass is 10.3. The van der Waals surface area contributed by atoms with Crippen molar-refractivity contribution in [1.29, 1.82) is 0 Å². The summed E-state index contributed by atoms with van der Waals surface area (Å²) >= 11 is 1.40. The van der Waals surface area contributed by atoms with Crippen LogP contribution < -0.4 is 4.74 Å². The Balaban J connectivity index is 2.16. The van der Waals surface area contributed by atoms with Crippen LogP contribution in [0.5, 0.6) is 5.75 Å². The van der Waals surface area contributed by atoms with Crippen LogP contribution in [0.1, 0.15) is 12.8 Å². The molecule has 0 saturated heterocycles. The van der Waals surface area contributed by atoms with E-state index >= 15 is 0 Å². The number of benzene rings is 1. The highest BCUT2D eigenvalue weighted by atomic mass is 32.2. The van der Waals surface area contributed by atoms with Crippen molar-refractivity contribution in [3.63, 3.8) is 0 Å². The van der Waals surface area contributed by atoms with E-state index in [0.29, 0.717) is 11.0 Å². The van der Waals surface area contributed by atoms with Gasteiger partial charge in [0.2, 0.25) is 0 Å². The Morgan fingerprint density at radius 1 is 1.46 bits per heavy atom. The van der Waals surface area contributed by atoms with Gasteiger partial charge < -0.3 is 4.74 Å². The lowest BCUT2D eigenvalue weighted by Gasteiger charge is -2.05. The summed E-state index contributed by atoms with van der Waals surface area (Å²) in [5.41, 5.74) is 0. The molecule has 2 rings (SSSR count). The Bertz CT molecular complexity index is 310. The van der Waals surface area contributed by atoms with Crippen molar-refractivity contribution in [1.82, 2.24) is 0 Å². The number of thioether (sulfide) groups is 1. The molecular formula is C10H11FOS. The molecule has 0 radical (unpaired) electrons. The first kappa shape index (κ1) is 8.88. The predicted molar refractivity (Wildman–Crippen MR) is 51.8 cm³/mol. The molecule has 0 aromatic heterocycles. The highest BCUT2D eigenvalue weighted by Crippen LogP contribution is 2.30. The minimum absolute atomic E-state index is 0.171. The normalized spacial score (nSPS) is 15.8. The minimum atomic E-state index is -0.171. The van der Waals surface area contributed by atoms with E-state index in [2.05, 4.69) is 0 Å². The van der Waals surface area contributed by atoms with Crippen LogP contribution >= 0.6 is 11.8 Å². The molecule has 1 aliphatic rings. The molecule has 13 heavy (non-hydrogen) atoms. The van der Waals surface area contributed by atoms with Crippen LogP contribution in [-0.2, 0) is 0 Å². The molecule has 0 spiro atoms. The van der Waals surface area contributed by atoms with Gasteiger partial charge in [0.25, 0.3) is 0 Å². The summed E-state index contributed by atoms with van der Waals surface area (Å²) in [7, 11) is 0. The van der Waals surface area contributed by atoms with Crippen LogP contribution in [0, 0.1) is 5.82 Å². The van der Waals surface area contributed by atoms with Crippen LogP contribution in [0.2, 0.25) is 0 Å². The van der Waals surface area contributed by atoms with Crippen molar-refractivity contribution < 1.29 is 9.13 Å². The van der Waals surface area contributed by atoms with Gasteiger partial charge in [-0.15, -0.1) is 11.8 Å². The molecule has 1 aliphatic carbocycles. The van der Waals surface area contributed by atoms with Gasteiger partial charge in [-0.25, -0.2) is 4.39 Å². The molecule has 0 aliphatic heterocycles. The van der Waals surface area contributed by atoms with Crippen LogP contribution in [-0.4, -0.2) is 12.4 Å². The Morgan fingerprint density at radius 2 is 2.23 bits per heavy atom. The summed E-state index contributed by atoms with van der Waals surface area (Å²) in [6, 6.07) is 4.91. The second kappa shape index (κ2) is 3.58. The maximum atomic E-state index is 13.0. The Hall–Kier alpha value is -0.700. The van der Waals surface area contributed by atoms with Gasteiger partial charge in [-0.3, -0.25) is 0 Å². The van der Waals surface area contributed by atoms with Crippen molar-refractivity contribution in [3.8, 4) is 5.75 Å². The summed E-state index contributed by atoms with van der Waals surface area (Å²) < 4.78 is 18.6. The quantitative estimate of drug-likeness (QED) is 0.690. The SMILES string of the molecule is CSc1cc(OC2CC2)ccc1F. The van der Waals surface area contributed by atoms with Crippen LogP contribution in [0.3, 0.4) is 0 Å². The standard InChI is InChI=1S/C10H11FOS/c1-13-10-6-8(4-5-9(10)11)12-7-2-3-7/h4-7H,2-3H2,1H3. The fourth-order valence-corrected chi connectivity index (χ4v) is 1.59. The highest BCUT2D eigenvalue weighted by molar-refractivity contribution is 7.98. The fraction of sp³-hybridized carbons (Fsp3) is 0.400. The smallest absolute Gasteiger partial charge is 0.137 e. The van der Waals surface area contributed by atoms with E-state index in [1.165, 1.54) is 17.8 Å². The molecule has 0 heterocycles. The number of hydrogen-bond donors (Lipinski definition) is 0. The van der Waals surface area contributed by atoms with Gasteiger partial charge in [-0.2, -0.15) is 0 Å². The summed E-state index contributed by atoms with van der Waals surface area (Å²) in [5.74, 6) is 0.615. The van der Waals surface area contributed by atoms with Crippen molar-refractivity contribution in [2.45, 2.75) is 23.8 Å². The third-order valence-corrected chi connectivity index (χ3v) is 2.70. The molecule has 1 aromatic rings. The maximum Gasteiger partial charge on any atom is 0.137 e. The van der Waals surface area contributed by atoms with E-state index in [4.69, 9.17) is 4.74 Å². The van der Waals surface area contributed by atoms with Crippen LogP contribution in [0.15, 0.2) is 23.1 Å². The molecule has 1 nitrogen and oxygen atoms in total. The molecule has 1 fully saturated rings. The van der Waals surface area contributed by atoms with Crippen molar-refractivity contribution >= 4 is 11.8 Å². The van der Waals surface area contributed by atoms with E-state index < -0.39 is 0 Å². The molecule has 0 atom stereocenters. The van der Waals surface area contributed by atoms with Crippen molar-refractivity contribution in [2.75, 3.05) is 6.26 Å². The summed E-state index contributed by atoms with van der Waals surface area (Å²) in [4.78, 5) is 0.651. The number of ether oxygens (including phenoxy) is 1. The molecule has 3 heteroatoms. The molecule has 0 amide bonds. The molecule has 1 aromatic carbocycles. The average molecular weight is 198 g/mol. The Kier molecular flexibility index (Phi) is 2.44. The first-order chi connectivity index (χ1) is 6.29. The van der Waals surface area contributed by atoms with Gasteiger partial charge in [0.15, 0.2) is 0 Å². The van der Waals surface area contributed by atoms with Gasteiger partial charge in [0.05, 0.1) is 6.10 Å². The first-order valence-electron chi connectivity index (χ1n) is 4.30. The van der Waals surface area contributed by atoms with Gasteiger partial charge in [0.1, 0.15) is 11.6 Å². The first-order valence-corrected chi connectivity index (χ1v) is 5.52. The van der Waals surface area contributed by atoms with E-state index in [-0.39, 0.29) is 5.82 Å². The summed E-state index contributed by atoms with van der Waals surface area (Å²) in [5, 5.41) is 0. The summed E-state index contributed by atoms with van der Waals surface area (Å²) in [6.07, 6.45) is 4.50. The lowest BCUT2D eigenvalue weighted by molar-refractivity contribution is 0.301. The third kappa shape index (κ3) is 2.15. The number of halogens is 1. The zero-order valence-corrected chi connectivity index (χ0v) is 8.23. The molecule has 0 bridgehead atoms.